The first-order chi connectivity index (χ1) is 10.6. The van der Waals surface area contributed by atoms with Gasteiger partial charge in [-0.05, 0) is 69.1 Å². The van der Waals surface area contributed by atoms with Gasteiger partial charge in [0.15, 0.2) is 0 Å². The monoisotopic (exact) mass is 294 g/mol. The molecule has 0 unspecified atom stereocenters. The number of amides is 1. The predicted molar refractivity (Wildman–Crippen MR) is 87.9 cm³/mol. The van der Waals surface area contributed by atoms with Crippen molar-refractivity contribution in [2.24, 2.45) is 11.8 Å². The first-order valence-corrected chi connectivity index (χ1v) is 8.31. The molecule has 0 spiro atoms. The number of benzene rings is 1. The number of hydrogen-bond acceptors (Lipinski definition) is 2. The van der Waals surface area contributed by atoms with E-state index in [0.717, 1.165) is 22.2 Å². The summed E-state index contributed by atoms with van der Waals surface area (Å²) in [6, 6.07) is 8.57. The lowest BCUT2D eigenvalue weighted by Crippen LogP contribution is -2.38. The Morgan fingerprint density at radius 3 is 2.45 bits per heavy atom. The van der Waals surface area contributed by atoms with E-state index >= 15 is 0 Å². The molecule has 2 saturated carbocycles. The van der Waals surface area contributed by atoms with Gasteiger partial charge in [-0.2, -0.15) is 0 Å². The van der Waals surface area contributed by atoms with Gasteiger partial charge in [0.25, 0.3) is 5.91 Å². The molecule has 1 N–H and O–H groups in total. The molecule has 3 heteroatoms. The van der Waals surface area contributed by atoms with Crippen molar-refractivity contribution in [2.45, 2.75) is 45.6 Å². The lowest BCUT2D eigenvalue weighted by Gasteiger charge is -2.18. The highest BCUT2D eigenvalue weighted by Crippen LogP contribution is 2.44. The minimum absolute atomic E-state index is 0.0521. The van der Waals surface area contributed by atoms with Gasteiger partial charge in [0.2, 0.25) is 0 Å². The second-order valence-electron chi connectivity index (χ2n) is 6.99. The quantitative estimate of drug-likeness (QED) is 0.932. The number of pyridine rings is 1. The van der Waals surface area contributed by atoms with Crippen LogP contribution < -0.4 is 5.32 Å². The summed E-state index contributed by atoms with van der Waals surface area (Å²) < 4.78 is 0. The van der Waals surface area contributed by atoms with Gasteiger partial charge in [0.05, 0.1) is 16.8 Å². The largest absolute Gasteiger partial charge is 0.349 e. The van der Waals surface area contributed by atoms with Crippen molar-refractivity contribution in [1.82, 2.24) is 10.3 Å². The molecule has 1 aromatic carbocycles. The highest BCUT2D eigenvalue weighted by atomic mass is 16.1. The van der Waals surface area contributed by atoms with Crippen LogP contribution in [0.3, 0.4) is 0 Å². The van der Waals surface area contributed by atoms with Gasteiger partial charge in [0.1, 0.15) is 0 Å². The second-order valence-corrected chi connectivity index (χ2v) is 6.99. The molecule has 2 aliphatic carbocycles. The van der Waals surface area contributed by atoms with Gasteiger partial charge in [-0.25, -0.2) is 0 Å². The third kappa shape index (κ3) is 2.60. The molecule has 3 nitrogen and oxygen atoms in total. The van der Waals surface area contributed by atoms with Crippen LogP contribution in [0.4, 0.5) is 0 Å². The van der Waals surface area contributed by atoms with Crippen molar-refractivity contribution in [2.75, 3.05) is 0 Å². The minimum Gasteiger partial charge on any atom is -0.349 e. The maximum absolute atomic E-state index is 12.7. The number of carbonyl (C=O) groups excluding carboxylic acids is 1. The summed E-state index contributed by atoms with van der Waals surface area (Å²) in [5, 5.41) is 4.33. The molecule has 1 aromatic heterocycles. The highest BCUT2D eigenvalue weighted by molar-refractivity contribution is 5.98. The molecule has 0 radical (unpaired) electrons. The molecular weight excluding hydrogens is 272 g/mol. The number of aromatic nitrogens is 1. The number of aryl methyl sites for hydroxylation is 2. The maximum Gasteiger partial charge on any atom is 0.253 e. The van der Waals surface area contributed by atoms with E-state index in [1.54, 1.807) is 0 Å². The number of nitrogens with one attached hydrogen (secondary N) is 1. The Bertz CT molecular complexity index is 732. The Hall–Kier alpha value is -1.90. The van der Waals surface area contributed by atoms with Crippen molar-refractivity contribution in [1.29, 1.82) is 0 Å². The topological polar surface area (TPSA) is 42.0 Å². The second kappa shape index (κ2) is 5.08. The zero-order valence-corrected chi connectivity index (χ0v) is 13.2. The molecule has 22 heavy (non-hydrogen) atoms. The van der Waals surface area contributed by atoms with Crippen LogP contribution in [0.2, 0.25) is 0 Å². The summed E-state index contributed by atoms with van der Waals surface area (Å²) in [5.74, 6) is 1.48. The van der Waals surface area contributed by atoms with E-state index in [4.69, 9.17) is 0 Å². The van der Waals surface area contributed by atoms with E-state index in [1.165, 1.54) is 31.2 Å². The smallest absolute Gasteiger partial charge is 0.253 e. The highest BCUT2D eigenvalue weighted by Gasteiger charge is 2.42. The van der Waals surface area contributed by atoms with Crippen LogP contribution in [0.5, 0.6) is 0 Å². The number of hydrogen-bond donors (Lipinski definition) is 1. The molecule has 2 fully saturated rings. The van der Waals surface area contributed by atoms with Crippen LogP contribution in [0.1, 0.15) is 47.3 Å². The number of carbonyl (C=O) groups is 1. The van der Waals surface area contributed by atoms with Crippen LogP contribution in [-0.4, -0.2) is 16.9 Å². The standard InChI is InChI=1S/C19H22N2O/c1-11-3-4-15-10-16(12(2)20-17(15)9-11)19(22)21-18(13-5-6-13)14-7-8-14/h3-4,9-10,13-14,18H,5-8H2,1-2H3,(H,21,22). The van der Waals surface area contributed by atoms with Crippen molar-refractivity contribution in [3.05, 3.63) is 41.1 Å². The van der Waals surface area contributed by atoms with Crippen LogP contribution in [-0.2, 0) is 0 Å². The Kier molecular flexibility index (Phi) is 3.17. The zero-order valence-electron chi connectivity index (χ0n) is 13.2. The summed E-state index contributed by atoms with van der Waals surface area (Å²) in [5.41, 5.74) is 3.71. The minimum atomic E-state index is 0.0521. The third-order valence-corrected chi connectivity index (χ3v) is 4.97. The number of rotatable bonds is 4. The van der Waals surface area contributed by atoms with Crippen molar-refractivity contribution in [3.8, 4) is 0 Å². The fraction of sp³-hybridized carbons (Fsp3) is 0.474. The van der Waals surface area contributed by atoms with Gasteiger partial charge in [-0.1, -0.05) is 12.1 Å². The van der Waals surface area contributed by atoms with Crippen molar-refractivity contribution in [3.63, 3.8) is 0 Å². The fourth-order valence-electron chi connectivity index (χ4n) is 3.36. The molecule has 4 rings (SSSR count). The Morgan fingerprint density at radius 1 is 1.14 bits per heavy atom. The van der Waals surface area contributed by atoms with E-state index < -0.39 is 0 Å². The molecule has 0 atom stereocenters. The summed E-state index contributed by atoms with van der Waals surface area (Å²) in [7, 11) is 0. The fourth-order valence-corrected chi connectivity index (χ4v) is 3.36. The van der Waals surface area contributed by atoms with E-state index in [2.05, 4.69) is 29.4 Å². The average Bonchev–Trinajstić information content (AvgIpc) is 3.37. The van der Waals surface area contributed by atoms with E-state index in [9.17, 15) is 4.79 Å². The molecular formula is C19H22N2O. The van der Waals surface area contributed by atoms with Gasteiger partial charge in [-0.15, -0.1) is 0 Å². The first-order valence-electron chi connectivity index (χ1n) is 8.31. The summed E-state index contributed by atoms with van der Waals surface area (Å²) in [4.78, 5) is 17.3. The van der Waals surface area contributed by atoms with Gasteiger partial charge < -0.3 is 5.32 Å². The number of nitrogens with zero attached hydrogens (tertiary/aromatic N) is 1. The van der Waals surface area contributed by atoms with Crippen LogP contribution >= 0.6 is 0 Å². The average molecular weight is 294 g/mol. The molecule has 2 aromatic rings. The van der Waals surface area contributed by atoms with Crippen LogP contribution in [0.15, 0.2) is 24.3 Å². The van der Waals surface area contributed by atoms with E-state index in [1.807, 2.05) is 19.1 Å². The maximum atomic E-state index is 12.7. The van der Waals surface area contributed by atoms with E-state index in [-0.39, 0.29) is 5.91 Å². The summed E-state index contributed by atoms with van der Waals surface area (Å²) in [6.07, 6.45) is 5.09. The summed E-state index contributed by atoms with van der Waals surface area (Å²) in [6.45, 7) is 3.99. The van der Waals surface area contributed by atoms with Crippen LogP contribution in [0, 0.1) is 25.7 Å². The van der Waals surface area contributed by atoms with Crippen molar-refractivity contribution >= 4 is 16.8 Å². The Labute approximate surface area is 131 Å². The lowest BCUT2D eigenvalue weighted by atomic mass is 10.0. The van der Waals surface area contributed by atoms with Crippen molar-refractivity contribution < 1.29 is 4.79 Å². The SMILES string of the molecule is Cc1ccc2cc(C(=O)NC(C3CC3)C3CC3)c(C)nc2c1. The number of fused-ring (bicyclic) bond motifs is 1. The lowest BCUT2D eigenvalue weighted by molar-refractivity contribution is 0.0925. The molecule has 0 saturated heterocycles. The molecule has 0 bridgehead atoms. The molecule has 114 valence electrons. The van der Waals surface area contributed by atoms with Gasteiger partial charge in [0, 0.05) is 11.4 Å². The zero-order chi connectivity index (χ0) is 15.3. The Balaban J connectivity index is 1.63. The first kappa shape index (κ1) is 13.7. The molecule has 1 heterocycles. The normalized spacial score (nSPS) is 18.0. The third-order valence-electron chi connectivity index (χ3n) is 4.97. The summed E-state index contributed by atoms with van der Waals surface area (Å²) >= 11 is 0. The van der Waals surface area contributed by atoms with Gasteiger partial charge >= 0.3 is 0 Å². The van der Waals surface area contributed by atoms with Gasteiger partial charge in [-0.3, -0.25) is 9.78 Å². The molecule has 2 aliphatic rings. The van der Waals surface area contributed by atoms with E-state index in [0.29, 0.717) is 17.9 Å². The molecule has 0 aliphatic heterocycles. The van der Waals surface area contributed by atoms with Crippen LogP contribution in [0.25, 0.3) is 10.9 Å². The Morgan fingerprint density at radius 2 is 1.82 bits per heavy atom. The predicted octanol–water partition coefficient (Wildman–Crippen LogP) is 3.77. The molecule has 1 amide bonds.